The molecular formula is C14H12N4O6Zn+2. The van der Waals surface area contributed by atoms with Crippen LogP contribution in [0.1, 0.15) is 32.1 Å². The van der Waals surface area contributed by atoms with Gasteiger partial charge in [0.25, 0.3) is 0 Å². The van der Waals surface area contributed by atoms with Gasteiger partial charge in [-0.05, 0) is 24.3 Å². The summed E-state index contributed by atoms with van der Waals surface area (Å²) in [6, 6.07) is 8.84. The van der Waals surface area contributed by atoms with Gasteiger partial charge in [0, 0.05) is 12.4 Å². The Morgan fingerprint density at radius 1 is 0.800 bits per heavy atom. The fraction of sp³-hybridized carbons (Fsp3) is 0. The number of carboxylic acid groups (broad SMARTS) is 2. The molecule has 124 valence electrons. The molecule has 0 aliphatic heterocycles. The Bertz CT molecular complexity index is 698. The minimum atomic E-state index is -1.34. The van der Waals surface area contributed by atoms with Crippen LogP contribution in [0.5, 0.6) is 0 Å². The fourth-order valence-electron chi connectivity index (χ4n) is 1.16. The number of carboxylic acids is 2. The van der Waals surface area contributed by atoms with Crippen molar-refractivity contribution >= 4 is 11.9 Å². The monoisotopic (exact) mass is 396 g/mol. The van der Waals surface area contributed by atoms with Crippen LogP contribution < -0.4 is 10.2 Å². The predicted octanol–water partition coefficient (Wildman–Crippen LogP) is -3.21. The van der Waals surface area contributed by atoms with E-state index in [1.54, 1.807) is 0 Å². The fourth-order valence-corrected chi connectivity index (χ4v) is 1.16. The number of rotatable bonds is 2. The van der Waals surface area contributed by atoms with Gasteiger partial charge in [-0.2, -0.15) is 10.5 Å². The molecule has 25 heavy (non-hydrogen) atoms. The molecule has 0 fully saturated rings. The molecular weight excluding hydrogens is 386 g/mol. The molecule has 0 aliphatic rings. The Morgan fingerprint density at radius 2 is 1.12 bits per heavy atom. The van der Waals surface area contributed by atoms with E-state index in [0.717, 1.165) is 0 Å². The van der Waals surface area contributed by atoms with Gasteiger partial charge in [0.15, 0.2) is 0 Å². The van der Waals surface area contributed by atoms with E-state index >= 15 is 0 Å². The summed E-state index contributed by atoms with van der Waals surface area (Å²) in [7, 11) is 0. The first kappa shape index (κ1) is 26.7. The van der Waals surface area contributed by atoms with Crippen LogP contribution >= 0.6 is 0 Å². The van der Waals surface area contributed by atoms with Crippen molar-refractivity contribution in [1.29, 1.82) is 10.5 Å². The minimum absolute atomic E-state index is 0. The number of nitrogens with zero attached hydrogens (tertiary/aromatic N) is 4. The molecule has 0 saturated heterocycles. The molecule has 11 heteroatoms. The number of hydrogen-bond acceptors (Lipinski definition) is 8. The third-order valence-corrected chi connectivity index (χ3v) is 2.20. The second-order valence-electron chi connectivity index (χ2n) is 3.66. The van der Waals surface area contributed by atoms with Crippen LogP contribution in [0.2, 0.25) is 0 Å². The van der Waals surface area contributed by atoms with E-state index < -0.39 is 11.9 Å². The van der Waals surface area contributed by atoms with Crippen LogP contribution in [0.15, 0.2) is 36.7 Å². The smallest absolute Gasteiger partial charge is 0.543 e. The van der Waals surface area contributed by atoms with Crippen molar-refractivity contribution in [2.24, 2.45) is 0 Å². The largest absolute Gasteiger partial charge is 2.00 e. The van der Waals surface area contributed by atoms with Gasteiger partial charge in [-0.1, -0.05) is 0 Å². The van der Waals surface area contributed by atoms with Gasteiger partial charge in [-0.15, -0.1) is 0 Å². The average molecular weight is 398 g/mol. The number of hydrogen-bond donors (Lipinski definition) is 0. The quantitative estimate of drug-likeness (QED) is 0.369. The Kier molecular flexibility index (Phi) is 14.1. The standard InChI is InChI=1S/2C7H4N2O2.2H2O.Zn/c2*8-3-5-1-2-6(7(10)11)9-4-5;;;/h2*1-2,4H,(H,10,11);2*1H2;/q;;;;+2. The number of pyridine rings is 2. The van der Waals surface area contributed by atoms with Crippen molar-refractivity contribution in [2.45, 2.75) is 0 Å². The number of aromatic carboxylic acids is 2. The zero-order valence-electron chi connectivity index (χ0n) is 12.7. The zero-order valence-corrected chi connectivity index (χ0v) is 15.7. The van der Waals surface area contributed by atoms with E-state index in [-0.39, 0.29) is 41.8 Å². The summed E-state index contributed by atoms with van der Waals surface area (Å²) in [6.07, 6.45) is 2.37. The van der Waals surface area contributed by atoms with Gasteiger partial charge in [-0.25, -0.2) is 0 Å². The first-order valence-corrected chi connectivity index (χ1v) is 5.63. The minimum Gasteiger partial charge on any atom is -0.543 e. The van der Waals surface area contributed by atoms with Crippen molar-refractivity contribution < 1.29 is 50.2 Å². The number of carbonyl (C=O) groups is 2. The topological polar surface area (TPSA) is 220 Å². The third kappa shape index (κ3) is 8.84. The molecule has 10 nitrogen and oxygen atoms in total. The molecule has 0 amide bonds. The van der Waals surface area contributed by atoms with Crippen LogP contribution in [0.3, 0.4) is 0 Å². The van der Waals surface area contributed by atoms with E-state index in [9.17, 15) is 19.8 Å². The average Bonchev–Trinajstić information content (AvgIpc) is 2.55. The first-order chi connectivity index (χ1) is 10.5. The Balaban J connectivity index is -0.000000346. The molecule has 0 unspecified atom stereocenters. The van der Waals surface area contributed by atoms with Gasteiger partial charge in [-0.3, -0.25) is 9.97 Å². The van der Waals surface area contributed by atoms with E-state index in [4.69, 9.17) is 10.5 Å². The van der Waals surface area contributed by atoms with E-state index in [1.807, 2.05) is 12.1 Å². The zero-order chi connectivity index (χ0) is 16.5. The van der Waals surface area contributed by atoms with Crippen LogP contribution in [-0.4, -0.2) is 21.9 Å². The summed E-state index contributed by atoms with van der Waals surface area (Å²) in [5.41, 5.74) is 0.331. The van der Waals surface area contributed by atoms with Crippen molar-refractivity contribution in [1.82, 2.24) is 9.97 Å². The maximum atomic E-state index is 10.1. The second-order valence-corrected chi connectivity index (χ2v) is 3.66. The second kappa shape index (κ2) is 13.2. The summed E-state index contributed by atoms with van der Waals surface area (Å²) in [4.78, 5) is 27.2. The summed E-state index contributed by atoms with van der Waals surface area (Å²) in [5.74, 6) is -2.68. The number of carbonyl (C=O) groups excluding carboxylic acids is 2. The maximum Gasteiger partial charge on any atom is 2.00 e. The van der Waals surface area contributed by atoms with Crippen LogP contribution in [0, 0.1) is 22.7 Å². The predicted molar refractivity (Wildman–Crippen MR) is 76.3 cm³/mol. The van der Waals surface area contributed by atoms with E-state index in [0.29, 0.717) is 11.1 Å². The van der Waals surface area contributed by atoms with Gasteiger partial charge in [0.2, 0.25) is 0 Å². The maximum absolute atomic E-state index is 10.1. The number of nitriles is 2. The van der Waals surface area contributed by atoms with E-state index in [2.05, 4.69) is 9.97 Å². The van der Waals surface area contributed by atoms with Gasteiger partial charge < -0.3 is 30.8 Å². The van der Waals surface area contributed by atoms with Gasteiger partial charge >= 0.3 is 19.5 Å². The van der Waals surface area contributed by atoms with Crippen molar-refractivity contribution in [2.75, 3.05) is 0 Å². The van der Waals surface area contributed by atoms with Crippen LogP contribution in [0.4, 0.5) is 0 Å². The van der Waals surface area contributed by atoms with Crippen molar-refractivity contribution in [3.63, 3.8) is 0 Å². The molecule has 2 rings (SSSR count). The summed E-state index contributed by atoms with van der Waals surface area (Å²) < 4.78 is 0. The molecule has 0 aromatic carbocycles. The summed E-state index contributed by atoms with van der Waals surface area (Å²) in [5, 5.41) is 36.9. The molecule has 2 heterocycles. The van der Waals surface area contributed by atoms with Crippen molar-refractivity contribution in [3.8, 4) is 12.1 Å². The Morgan fingerprint density at radius 3 is 1.28 bits per heavy atom. The molecule has 2 aromatic heterocycles. The molecule has 0 saturated carbocycles. The molecule has 2 aromatic rings. The Hall–Kier alpha value is -3.24. The first-order valence-electron chi connectivity index (χ1n) is 5.63. The van der Waals surface area contributed by atoms with Gasteiger partial charge in [0.1, 0.15) is 12.1 Å². The molecule has 0 aliphatic carbocycles. The molecule has 0 radical (unpaired) electrons. The van der Waals surface area contributed by atoms with Crippen LogP contribution in [-0.2, 0) is 30.4 Å². The number of aromatic nitrogens is 2. The molecule has 0 spiro atoms. The third-order valence-electron chi connectivity index (χ3n) is 2.20. The molecule has 0 bridgehead atoms. The molecule has 0 atom stereocenters. The normalized spacial score (nSPS) is 7.60. The molecule has 6 N–H and O–H groups in total. The van der Waals surface area contributed by atoms with Crippen LogP contribution in [0.25, 0.3) is 0 Å². The Labute approximate surface area is 154 Å². The summed E-state index contributed by atoms with van der Waals surface area (Å²) in [6.45, 7) is 0. The van der Waals surface area contributed by atoms with Crippen molar-refractivity contribution in [3.05, 3.63) is 59.2 Å². The SMILES string of the molecule is N#Cc1ccc(C(=O)[O-])nc1.N#Cc1ccc(C(=O)[O-])nc1.[OH3+].[OH3+].[Zn+2]. The van der Waals surface area contributed by atoms with Gasteiger partial charge in [0.05, 0.1) is 34.5 Å². The summed E-state index contributed by atoms with van der Waals surface area (Å²) >= 11 is 0. The van der Waals surface area contributed by atoms with E-state index in [1.165, 1.54) is 36.7 Å².